The van der Waals surface area contributed by atoms with Gasteiger partial charge >= 0.3 is 0 Å². The molecule has 0 saturated heterocycles. The molecule has 0 saturated carbocycles. The van der Waals surface area contributed by atoms with Crippen LogP contribution in [0.1, 0.15) is 78.1 Å². The zero-order valence-corrected chi connectivity index (χ0v) is 15.4. The van der Waals surface area contributed by atoms with E-state index < -0.39 is 0 Å². The highest BCUT2D eigenvalue weighted by Gasteiger charge is 2.11. The summed E-state index contributed by atoms with van der Waals surface area (Å²) in [4.78, 5) is 0. The fraction of sp³-hybridized carbons (Fsp3) is 0.714. The predicted molar refractivity (Wildman–Crippen MR) is 101 cm³/mol. The number of nitrogens with one attached hydrogen (secondary N) is 1. The van der Waals surface area contributed by atoms with Crippen LogP contribution in [-0.2, 0) is 4.74 Å². The molecule has 1 N–H and O–H groups in total. The monoisotopic (exact) mass is 319 g/mol. The van der Waals surface area contributed by atoms with Crippen molar-refractivity contribution in [1.82, 2.24) is 5.32 Å². The Bertz CT molecular complexity index is 357. The SMILES string of the molecule is CCCOCCCCCCCCCC(CC)C1=CC=CC=CN1. The van der Waals surface area contributed by atoms with Gasteiger partial charge in [0.2, 0.25) is 0 Å². The lowest BCUT2D eigenvalue weighted by Gasteiger charge is -2.18. The zero-order valence-electron chi connectivity index (χ0n) is 15.4. The summed E-state index contributed by atoms with van der Waals surface area (Å²) in [6, 6.07) is 0. The summed E-state index contributed by atoms with van der Waals surface area (Å²) in [6.07, 6.45) is 23.7. The molecular formula is C21H37NO. The van der Waals surface area contributed by atoms with Crippen molar-refractivity contribution in [2.24, 2.45) is 5.92 Å². The van der Waals surface area contributed by atoms with Crippen LogP contribution in [0.5, 0.6) is 0 Å². The van der Waals surface area contributed by atoms with E-state index in [0.717, 1.165) is 19.6 Å². The van der Waals surface area contributed by atoms with Gasteiger partial charge < -0.3 is 10.1 Å². The highest BCUT2D eigenvalue weighted by atomic mass is 16.5. The molecule has 1 heterocycles. The second kappa shape index (κ2) is 14.6. The van der Waals surface area contributed by atoms with Crippen molar-refractivity contribution in [1.29, 1.82) is 0 Å². The Morgan fingerprint density at radius 1 is 0.870 bits per heavy atom. The quantitative estimate of drug-likeness (QED) is 0.390. The fourth-order valence-electron chi connectivity index (χ4n) is 3.03. The van der Waals surface area contributed by atoms with Crippen LogP contribution >= 0.6 is 0 Å². The average Bonchev–Trinajstić information content (AvgIpc) is 2.85. The lowest BCUT2D eigenvalue weighted by molar-refractivity contribution is 0.130. The minimum atomic E-state index is 0.679. The van der Waals surface area contributed by atoms with Gasteiger partial charge in [-0.15, -0.1) is 0 Å². The van der Waals surface area contributed by atoms with Gasteiger partial charge in [-0.25, -0.2) is 0 Å². The van der Waals surface area contributed by atoms with Crippen molar-refractivity contribution in [3.05, 3.63) is 36.2 Å². The standard InChI is InChI=1S/C21H37NO/c1-3-18-23-19-14-9-7-5-6-8-11-15-20(4-2)21-16-12-10-13-17-22-21/h10,12-13,16-17,20,22H,3-9,11,14-15,18-19H2,1-2H3. The third-order valence-corrected chi connectivity index (χ3v) is 4.47. The molecule has 0 fully saturated rings. The maximum absolute atomic E-state index is 5.51. The third kappa shape index (κ3) is 10.4. The van der Waals surface area contributed by atoms with Crippen LogP contribution in [0.2, 0.25) is 0 Å². The molecule has 0 radical (unpaired) electrons. The molecule has 2 nitrogen and oxygen atoms in total. The molecule has 1 aliphatic heterocycles. The van der Waals surface area contributed by atoms with Gasteiger partial charge in [0.05, 0.1) is 0 Å². The molecule has 1 unspecified atom stereocenters. The molecule has 0 spiro atoms. The molecule has 0 bridgehead atoms. The maximum Gasteiger partial charge on any atom is 0.0466 e. The molecule has 1 atom stereocenters. The van der Waals surface area contributed by atoms with Gasteiger partial charge in [0.1, 0.15) is 0 Å². The van der Waals surface area contributed by atoms with E-state index in [4.69, 9.17) is 4.74 Å². The third-order valence-electron chi connectivity index (χ3n) is 4.47. The summed E-state index contributed by atoms with van der Waals surface area (Å²) in [5, 5.41) is 3.43. The molecule has 1 rings (SSSR count). The van der Waals surface area contributed by atoms with E-state index in [1.165, 1.54) is 63.5 Å². The molecule has 0 aliphatic carbocycles. The Hall–Kier alpha value is -1.02. The van der Waals surface area contributed by atoms with Crippen LogP contribution in [0.15, 0.2) is 36.2 Å². The van der Waals surface area contributed by atoms with Gasteiger partial charge in [-0.05, 0) is 43.8 Å². The summed E-state index contributed by atoms with van der Waals surface area (Å²) in [5.41, 5.74) is 1.38. The minimum Gasteiger partial charge on any atom is -0.381 e. The van der Waals surface area contributed by atoms with Crippen molar-refractivity contribution in [2.45, 2.75) is 78.1 Å². The van der Waals surface area contributed by atoms with Crippen LogP contribution in [0.25, 0.3) is 0 Å². The van der Waals surface area contributed by atoms with E-state index in [9.17, 15) is 0 Å². The first-order valence-electron chi connectivity index (χ1n) is 9.76. The lowest BCUT2D eigenvalue weighted by atomic mass is 9.94. The largest absolute Gasteiger partial charge is 0.381 e. The lowest BCUT2D eigenvalue weighted by Crippen LogP contribution is -2.14. The van der Waals surface area contributed by atoms with Crippen LogP contribution < -0.4 is 5.32 Å². The molecule has 2 heteroatoms. The molecule has 0 amide bonds. The van der Waals surface area contributed by atoms with Crippen molar-refractivity contribution in [2.75, 3.05) is 13.2 Å². The van der Waals surface area contributed by atoms with E-state index in [1.807, 2.05) is 6.20 Å². The van der Waals surface area contributed by atoms with Gasteiger partial charge in [-0.3, -0.25) is 0 Å². The summed E-state index contributed by atoms with van der Waals surface area (Å²) in [7, 11) is 0. The summed E-state index contributed by atoms with van der Waals surface area (Å²) in [6.45, 7) is 6.34. The highest BCUT2D eigenvalue weighted by Crippen LogP contribution is 2.22. The van der Waals surface area contributed by atoms with E-state index in [0.29, 0.717) is 5.92 Å². The molecule has 0 aromatic rings. The summed E-state index contributed by atoms with van der Waals surface area (Å²) in [5.74, 6) is 0.679. The number of rotatable bonds is 14. The Balaban J connectivity index is 1.98. The van der Waals surface area contributed by atoms with Gasteiger partial charge in [-0.2, -0.15) is 0 Å². The Labute approximate surface area is 144 Å². The minimum absolute atomic E-state index is 0.679. The highest BCUT2D eigenvalue weighted by molar-refractivity contribution is 5.22. The second-order valence-electron chi connectivity index (χ2n) is 6.49. The van der Waals surface area contributed by atoms with Gasteiger partial charge in [0.15, 0.2) is 0 Å². The van der Waals surface area contributed by atoms with Gasteiger partial charge in [0.25, 0.3) is 0 Å². The maximum atomic E-state index is 5.51. The predicted octanol–water partition coefficient (Wildman–Crippen LogP) is 6.12. The zero-order chi connectivity index (χ0) is 16.6. The first-order chi connectivity index (χ1) is 11.4. The average molecular weight is 320 g/mol. The molecule has 132 valence electrons. The van der Waals surface area contributed by atoms with Gasteiger partial charge in [-0.1, -0.05) is 64.5 Å². The molecular weight excluding hydrogens is 282 g/mol. The summed E-state index contributed by atoms with van der Waals surface area (Å²) < 4.78 is 5.51. The van der Waals surface area contributed by atoms with E-state index in [2.05, 4.69) is 43.5 Å². The van der Waals surface area contributed by atoms with Crippen molar-refractivity contribution < 1.29 is 4.74 Å². The van der Waals surface area contributed by atoms with Crippen molar-refractivity contribution in [3.63, 3.8) is 0 Å². The number of allylic oxidation sites excluding steroid dienone is 5. The van der Waals surface area contributed by atoms with Crippen LogP contribution in [0.3, 0.4) is 0 Å². The molecule has 0 aromatic carbocycles. The van der Waals surface area contributed by atoms with Crippen LogP contribution in [0, 0.1) is 5.92 Å². The van der Waals surface area contributed by atoms with E-state index >= 15 is 0 Å². The topological polar surface area (TPSA) is 21.3 Å². The Morgan fingerprint density at radius 3 is 2.35 bits per heavy atom. The smallest absolute Gasteiger partial charge is 0.0466 e. The number of hydrogen-bond acceptors (Lipinski definition) is 2. The molecule has 0 aromatic heterocycles. The van der Waals surface area contributed by atoms with Gasteiger partial charge in [0, 0.05) is 25.1 Å². The van der Waals surface area contributed by atoms with E-state index in [1.54, 1.807) is 0 Å². The van der Waals surface area contributed by atoms with E-state index in [-0.39, 0.29) is 0 Å². The Morgan fingerprint density at radius 2 is 1.61 bits per heavy atom. The number of hydrogen-bond donors (Lipinski definition) is 1. The van der Waals surface area contributed by atoms with Crippen LogP contribution in [0.4, 0.5) is 0 Å². The molecule has 1 aliphatic rings. The first kappa shape index (κ1) is 20.0. The number of unbranched alkanes of at least 4 members (excludes halogenated alkanes) is 6. The van der Waals surface area contributed by atoms with Crippen molar-refractivity contribution in [3.8, 4) is 0 Å². The first-order valence-corrected chi connectivity index (χ1v) is 9.76. The Kier molecular flexibility index (Phi) is 12.7. The fourth-order valence-corrected chi connectivity index (χ4v) is 3.03. The summed E-state index contributed by atoms with van der Waals surface area (Å²) >= 11 is 0. The number of ether oxygens (including phenoxy) is 1. The normalized spacial score (nSPS) is 15.1. The second-order valence-corrected chi connectivity index (χ2v) is 6.49. The molecule has 23 heavy (non-hydrogen) atoms. The van der Waals surface area contributed by atoms with Crippen molar-refractivity contribution >= 4 is 0 Å². The van der Waals surface area contributed by atoms with Crippen LogP contribution in [-0.4, -0.2) is 13.2 Å².